The van der Waals surface area contributed by atoms with Gasteiger partial charge in [0.05, 0.1) is 19.3 Å². The molecular formula is C12H24N2O2. The Morgan fingerprint density at radius 3 is 2.69 bits per heavy atom. The Bertz CT molecular complexity index is 207. The number of rotatable bonds is 4. The molecule has 2 rings (SSSR count). The summed E-state index contributed by atoms with van der Waals surface area (Å²) in [6, 6.07) is 0.491. The van der Waals surface area contributed by atoms with Crippen LogP contribution in [0, 0.1) is 0 Å². The Morgan fingerprint density at radius 2 is 2.00 bits per heavy atom. The standard InChI is InChI=1S/C12H24N2O2/c1-11-10-16-12(9-15)8-14(11)7-6-13-4-2-3-5-13/h11-12,15H,2-10H2,1H3. The summed E-state index contributed by atoms with van der Waals surface area (Å²) in [5, 5.41) is 9.11. The zero-order valence-electron chi connectivity index (χ0n) is 10.3. The monoisotopic (exact) mass is 228 g/mol. The molecule has 0 saturated carbocycles. The summed E-state index contributed by atoms with van der Waals surface area (Å²) >= 11 is 0. The van der Waals surface area contributed by atoms with Gasteiger partial charge < -0.3 is 14.7 Å². The molecular weight excluding hydrogens is 204 g/mol. The molecule has 4 heteroatoms. The fraction of sp³-hybridized carbons (Fsp3) is 1.00. The van der Waals surface area contributed by atoms with Crippen LogP contribution in [0.4, 0.5) is 0 Å². The first-order chi connectivity index (χ1) is 7.79. The summed E-state index contributed by atoms with van der Waals surface area (Å²) in [7, 11) is 0. The molecule has 2 atom stereocenters. The third kappa shape index (κ3) is 3.17. The van der Waals surface area contributed by atoms with Gasteiger partial charge in [0.25, 0.3) is 0 Å². The van der Waals surface area contributed by atoms with Gasteiger partial charge in [-0.25, -0.2) is 0 Å². The van der Waals surface area contributed by atoms with Crippen molar-refractivity contribution < 1.29 is 9.84 Å². The van der Waals surface area contributed by atoms with Gasteiger partial charge in [-0.1, -0.05) is 0 Å². The summed E-state index contributed by atoms with van der Waals surface area (Å²) < 4.78 is 5.54. The summed E-state index contributed by atoms with van der Waals surface area (Å²) in [5.41, 5.74) is 0. The molecule has 0 bridgehead atoms. The van der Waals surface area contributed by atoms with Crippen molar-refractivity contribution in [3.8, 4) is 0 Å². The van der Waals surface area contributed by atoms with E-state index in [1.54, 1.807) is 0 Å². The molecule has 2 heterocycles. The molecule has 2 fully saturated rings. The van der Waals surface area contributed by atoms with E-state index >= 15 is 0 Å². The SMILES string of the molecule is CC1COC(CO)CN1CCN1CCCC1. The van der Waals surface area contributed by atoms with Crippen LogP contribution in [0.2, 0.25) is 0 Å². The Kier molecular flexibility index (Phi) is 4.58. The van der Waals surface area contributed by atoms with Gasteiger partial charge in [0.1, 0.15) is 0 Å². The van der Waals surface area contributed by atoms with E-state index in [4.69, 9.17) is 9.84 Å². The van der Waals surface area contributed by atoms with Crippen molar-refractivity contribution in [1.82, 2.24) is 9.80 Å². The second kappa shape index (κ2) is 5.96. The van der Waals surface area contributed by atoms with Gasteiger partial charge in [-0.2, -0.15) is 0 Å². The van der Waals surface area contributed by atoms with Gasteiger partial charge in [-0.3, -0.25) is 4.90 Å². The maximum atomic E-state index is 9.11. The van der Waals surface area contributed by atoms with Gasteiger partial charge in [0, 0.05) is 25.7 Å². The van der Waals surface area contributed by atoms with E-state index in [0.29, 0.717) is 6.04 Å². The number of nitrogens with zero attached hydrogens (tertiary/aromatic N) is 2. The first-order valence-corrected chi connectivity index (χ1v) is 6.48. The van der Waals surface area contributed by atoms with Crippen LogP contribution in [0.25, 0.3) is 0 Å². The average molecular weight is 228 g/mol. The first kappa shape index (κ1) is 12.3. The van der Waals surface area contributed by atoms with E-state index in [2.05, 4.69) is 16.7 Å². The smallest absolute Gasteiger partial charge is 0.0933 e. The highest BCUT2D eigenvalue weighted by atomic mass is 16.5. The maximum Gasteiger partial charge on any atom is 0.0933 e. The van der Waals surface area contributed by atoms with Crippen LogP contribution in [-0.2, 0) is 4.74 Å². The van der Waals surface area contributed by atoms with Gasteiger partial charge in [-0.15, -0.1) is 0 Å². The predicted octanol–water partition coefficient (Wildman–Crippen LogP) is 0.164. The van der Waals surface area contributed by atoms with Crippen molar-refractivity contribution in [1.29, 1.82) is 0 Å². The molecule has 0 radical (unpaired) electrons. The lowest BCUT2D eigenvalue weighted by Gasteiger charge is -2.38. The number of ether oxygens (including phenoxy) is 1. The van der Waals surface area contributed by atoms with Crippen LogP contribution in [0.1, 0.15) is 19.8 Å². The van der Waals surface area contributed by atoms with Crippen LogP contribution in [0.15, 0.2) is 0 Å². The number of aliphatic hydroxyl groups excluding tert-OH is 1. The lowest BCUT2D eigenvalue weighted by Crippen LogP contribution is -2.51. The fourth-order valence-corrected chi connectivity index (χ4v) is 2.57. The summed E-state index contributed by atoms with van der Waals surface area (Å²) in [4.78, 5) is 4.98. The van der Waals surface area contributed by atoms with Gasteiger partial charge in [-0.05, 0) is 32.9 Å². The second-order valence-corrected chi connectivity index (χ2v) is 5.03. The summed E-state index contributed by atoms with van der Waals surface area (Å²) in [6.07, 6.45) is 2.74. The van der Waals surface area contributed by atoms with Crippen LogP contribution < -0.4 is 0 Å². The van der Waals surface area contributed by atoms with Gasteiger partial charge in [0.2, 0.25) is 0 Å². The molecule has 94 valence electrons. The van der Waals surface area contributed by atoms with Crippen LogP contribution >= 0.6 is 0 Å². The van der Waals surface area contributed by atoms with Crippen LogP contribution in [0.5, 0.6) is 0 Å². The first-order valence-electron chi connectivity index (χ1n) is 6.48. The Labute approximate surface area is 98.2 Å². The maximum absolute atomic E-state index is 9.11. The van der Waals surface area contributed by atoms with Crippen molar-refractivity contribution in [3.05, 3.63) is 0 Å². The molecule has 0 aliphatic carbocycles. The molecule has 2 aliphatic heterocycles. The zero-order chi connectivity index (χ0) is 11.4. The highest BCUT2D eigenvalue weighted by Gasteiger charge is 2.25. The van der Waals surface area contributed by atoms with Crippen LogP contribution in [0.3, 0.4) is 0 Å². The minimum Gasteiger partial charge on any atom is -0.394 e. The highest BCUT2D eigenvalue weighted by Crippen LogP contribution is 2.12. The lowest BCUT2D eigenvalue weighted by molar-refractivity contribution is -0.0788. The van der Waals surface area contributed by atoms with Crippen molar-refractivity contribution in [3.63, 3.8) is 0 Å². The molecule has 0 aromatic heterocycles. The molecule has 2 unspecified atom stereocenters. The molecule has 2 saturated heterocycles. The topological polar surface area (TPSA) is 35.9 Å². The molecule has 0 aromatic carbocycles. The van der Waals surface area contributed by atoms with Gasteiger partial charge >= 0.3 is 0 Å². The zero-order valence-corrected chi connectivity index (χ0v) is 10.3. The minimum absolute atomic E-state index is 0.0229. The Morgan fingerprint density at radius 1 is 1.25 bits per heavy atom. The molecule has 16 heavy (non-hydrogen) atoms. The van der Waals surface area contributed by atoms with Gasteiger partial charge in [0.15, 0.2) is 0 Å². The molecule has 0 spiro atoms. The third-order valence-electron chi connectivity index (χ3n) is 3.74. The number of likely N-dealkylation sites (tertiary alicyclic amines) is 1. The third-order valence-corrected chi connectivity index (χ3v) is 3.74. The molecule has 2 aliphatic rings. The largest absolute Gasteiger partial charge is 0.394 e. The number of hydrogen-bond donors (Lipinski definition) is 1. The number of hydrogen-bond acceptors (Lipinski definition) is 4. The van der Waals surface area contributed by atoms with E-state index in [9.17, 15) is 0 Å². The van der Waals surface area contributed by atoms with E-state index in [0.717, 1.165) is 19.7 Å². The molecule has 4 nitrogen and oxygen atoms in total. The summed E-state index contributed by atoms with van der Waals surface area (Å²) in [6.45, 7) is 8.80. The van der Waals surface area contributed by atoms with E-state index in [1.165, 1.54) is 32.5 Å². The minimum atomic E-state index is 0.0229. The average Bonchev–Trinajstić information content (AvgIpc) is 2.81. The highest BCUT2D eigenvalue weighted by molar-refractivity contribution is 4.78. The predicted molar refractivity (Wildman–Crippen MR) is 63.5 cm³/mol. The van der Waals surface area contributed by atoms with E-state index < -0.39 is 0 Å². The second-order valence-electron chi connectivity index (χ2n) is 5.03. The lowest BCUT2D eigenvalue weighted by atomic mass is 10.2. The molecule has 1 N–H and O–H groups in total. The van der Waals surface area contributed by atoms with E-state index in [1.807, 2.05) is 0 Å². The van der Waals surface area contributed by atoms with Crippen molar-refractivity contribution >= 4 is 0 Å². The van der Waals surface area contributed by atoms with Crippen molar-refractivity contribution in [2.24, 2.45) is 0 Å². The fourth-order valence-electron chi connectivity index (χ4n) is 2.57. The normalized spacial score (nSPS) is 33.4. The van der Waals surface area contributed by atoms with Crippen LogP contribution in [-0.4, -0.2) is 73.0 Å². The van der Waals surface area contributed by atoms with Crippen molar-refractivity contribution in [2.45, 2.75) is 31.9 Å². The Hall–Kier alpha value is -0.160. The van der Waals surface area contributed by atoms with E-state index in [-0.39, 0.29) is 12.7 Å². The molecule has 0 amide bonds. The quantitative estimate of drug-likeness (QED) is 0.744. The summed E-state index contributed by atoms with van der Waals surface area (Å²) in [5.74, 6) is 0. The number of morpholine rings is 1. The number of aliphatic hydroxyl groups is 1. The molecule has 0 aromatic rings. The Balaban J connectivity index is 1.73. The van der Waals surface area contributed by atoms with Crippen molar-refractivity contribution in [2.75, 3.05) is 45.9 Å².